The van der Waals surface area contributed by atoms with E-state index in [-0.39, 0.29) is 11.8 Å². The highest BCUT2D eigenvalue weighted by Crippen LogP contribution is 2.13. The van der Waals surface area contributed by atoms with Crippen LogP contribution in [0, 0.1) is 0 Å². The van der Waals surface area contributed by atoms with Gasteiger partial charge in [0, 0.05) is 24.8 Å². The van der Waals surface area contributed by atoms with Crippen LogP contribution in [0.25, 0.3) is 0 Å². The summed E-state index contributed by atoms with van der Waals surface area (Å²) >= 11 is 0. The highest BCUT2D eigenvalue weighted by molar-refractivity contribution is 6.01. The molecule has 0 bridgehead atoms. The van der Waals surface area contributed by atoms with Gasteiger partial charge in [-0.2, -0.15) is 0 Å². The van der Waals surface area contributed by atoms with Gasteiger partial charge in [-0.3, -0.25) is 9.59 Å². The smallest absolute Gasteiger partial charge is 0.251 e. The van der Waals surface area contributed by atoms with E-state index in [1.165, 1.54) is 0 Å². The minimum Gasteiger partial charge on any atom is -0.380 e. The van der Waals surface area contributed by atoms with Gasteiger partial charge in [-0.25, -0.2) is 0 Å². The number of carbonyl (C=O) groups excluding carboxylic acids is 2. The standard InChI is InChI=1S/C24H24N2O3/c1-29-17-19-11-8-14-21(15-19)25-24(28)22(16-18-9-4-2-5-10-18)26-23(27)20-12-6-3-7-13-20/h2-15,22H,16-17H2,1H3,(H,25,28)(H,26,27). The maximum Gasteiger partial charge on any atom is 0.251 e. The Bertz CT molecular complexity index is 943. The molecule has 5 nitrogen and oxygen atoms in total. The molecule has 3 rings (SSSR count). The molecule has 2 amide bonds. The lowest BCUT2D eigenvalue weighted by atomic mass is 10.0. The van der Waals surface area contributed by atoms with Gasteiger partial charge in [-0.05, 0) is 35.4 Å². The molecule has 29 heavy (non-hydrogen) atoms. The van der Waals surface area contributed by atoms with E-state index >= 15 is 0 Å². The molecule has 0 aliphatic carbocycles. The average Bonchev–Trinajstić information content (AvgIpc) is 2.75. The summed E-state index contributed by atoms with van der Waals surface area (Å²) in [4.78, 5) is 25.6. The van der Waals surface area contributed by atoms with E-state index in [1.54, 1.807) is 31.4 Å². The highest BCUT2D eigenvalue weighted by Gasteiger charge is 2.22. The third kappa shape index (κ3) is 6.02. The molecule has 0 aromatic heterocycles. The monoisotopic (exact) mass is 388 g/mol. The summed E-state index contributed by atoms with van der Waals surface area (Å²) in [6.45, 7) is 0.460. The fraction of sp³-hybridized carbons (Fsp3) is 0.167. The number of ether oxygens (including phenoxy) is 1. The summed E-state index contributed by atoms with van der Waals surface area (Å²) in [6.07, 6.45) is 0.392. The Labute approximate surface area is 170 Å². The molecule has 0 saturated heterocycles. The third-order valence-electron chi connectivity index (χ3n) is 4.45. The first-order valence-corrected chi connectivity index (χ1v) is 9.44. The Morgan fingerprint density at radius 3 is 2.21 bits per heavy atom. The average molecular weight is 388 g/mol. The fourth-order valence-electron chi connectivity index (χ4n) is 3.03. The largest absolute Gasteiger partial charge is 0.380 e. The van der Waals surface area contributed by atoms with Gasteiger partial charge in [-0.15, -0.1) is 0 Å². The van der Waals surface area contributed by atoms with E-state index in [0.717, 1.165) is 11.1 Å². The van der Waals surface area contributed by atoms with Gasteiger partial charge in [0.05, 0.1) is 6.61 Å². The van der Waals surface area contributed by atoms with Crippen LogP contribution in [0.4, 0.5) is 5.69 Å². The maximum atomic E-state index is 13.0. The second-order valence-electron chi connectivity index (χ2n) is 6.70. The Hall–Kier alpha value is -3.44. The number of carbonyl (C=O) groups is 2. The molecule has 0 aliphatic rings. The van der Waals surface area contributed by atoms with Crippen LogP contribution in [-0.2, 0) is 22.6 Å². The molecule has 3 aromatic rings. The summed E-state index contributed by atoms with van der Waals surface area (Å²) in [7, 11) is 1.63. The molecule has 5 heteroatoms. The normalized spacial score (nSPS) is 11.5. The van der Waals surface area contributed by atoms with Crippen molar-refractivity contribution in [2.24, 2.45) is 0 Å². The van der Waals surface area contributed by atoms with E-state index in [1.807, 2.05) is 60.7 Å². The molecule has 3 aromatic carbocycles. The third-order valence-corrected chi connectivity index (χ3v) is 4.45. The molecule has 0 radical (unpaired) electrons. The van der Waals surface area contributed by atoms with Crippen molar-refractivity contribution in [3.8, 4) is 0 Å². The highest BCUT2D eigenvalue weighted by atomic mass is 16.5. The predicted molar refractivity (Wildman–Crippen MR) is 114 cm³/mol. The van der Waals surface area contributed by atoms with Crippen molar-refractivity contribution in [1.29, 1.82) is 0 Å². The summed E-state index contributed by atoms with van der Waals surface area (Å²) in [5.74, 6) is -0.553. The number of hydrogen-bond donors (Lipinski definition) is 2. The SMILES string of the molecule is COCc1cccc(NC(=O)C(Cc2ccccc2)NC(=O)c2ccccc2)c1. The Morgan fingerprint density at radius 2 is 1.52 bits per heavy atom. The topological polar surface area (TPSA) is 67.4 Å². The Kier molecular flexibility index (Phi) is 7.14. The molecule has 1 atom stereocenters. The molecule has 1 unspecified atom stereocenters. The summed E-state index contributed by atoms with van der Waals surface area (Å²) in [6, 6.07) is 25.3. The summed E-state index contributed by atoms with van der Waals surface area (Å²) in [5, 5.41) is 5.77. The number of methoxy groups -OCH3 is 1. The van der Waals surface area contributed by atoms with E-state index in [9.17, 15) is 9.59 Å². The Balaban J connectivity index is 1.77. The lowest BCUT2D eigenvalue weighted by Gasteiger charge is -2.19. The zero-order valence-corrected chi connectivity index (χ0v) is 16.3. The van der Waals surface area contributed by atoms with Crippen LogP contribution in [0.2, 0.25) is 0 Å². The van der Waals surface area contributed by atoms with Gasteiger partial charge < -0.3 is 15.4 Å². The van der Waals surface area contributed by atoms with Gasteiger partial charge in [-0.1, -0.05) is 60.7 Å². The lowest BCUT2D eigenvalue weighted by molar-refractivity contribution is -0.118. The van der Waals surface area contributed by atoms with Crippen LogP contribution in [0.5, 0.6) is 0 Å². The zero-order valence-electron chi connectivity index (χ0n) is 16.3. The first-order valence-electron chi connectivity index (χ1n) is 9.44. The van der Waals surface area contributed by atoms with Crippen molar-refractivity contribution in [2.75, 3.05) is 12.4 Å². The fourth-order valence-corrected chi connectivity index (χ4v) is 3.03. The van der Waals surface area contributed by atoms with E-state index in [0.29, 0.717) is 24.3 Å². The molecule has 0 saturated carbocycles. The van der Waals surface area contributed by atoms with Gasteiger partial charge >= 0.3 is 0 Å². The number of nitrogens with one attached hydrogen (secondary N) is 2. The van der Waals surface area contributed by atoms with E-state index in [2.05, 4.69) is 10.6 Å². The van der Waals surface area contributed by atoms with Crippen LogP contribution < -0.4 is 10.6 Å². The molecule has 0 spiro atoms. The quantitative estimate of drug-likeness (QED) is 0.617. The van der Waals surface area contributed by atoms with Gasteiger partial charge in [0.2, 0.25) is 5.91 Å². The number of hydrogen-bond acceptors (Lipinski definition) is 3. The second kappa shape index (κ2) is 10.2. The van der Waals surface area contributed by atoms with E-state index in [4.69, 9.17) is 4.74 Å². The van der Waals surface area contributed by atoms with Crippen LogP contribution >= 0.6 is 0 Å². The predicted octanol–water partition coefficient (Wildman–Crippen LogP) is 3.81. The van der Waals surface area contributed by atoms with Crippen molar-refractivity contribution in [3.05, 3.63) is 102 Å². The van der Waals surface area contributed by atoms with Crippen LogP contribution in [0.1, 0.15) is 21.5 Å². The first-order chi connectivity index (χ1) is 14.2. The van der Waals surface area contributed by atoms with Gasteiger partial charge in [0.15, 0.2) is 0 Å². The molecule has 0 heterocycles. The van der Waals surface area contributed by atoms with E-state index < -0.39 is 6.04 Å². The van der Waals surface area contributed by atoms with Gasteiger partial charge in [0.1, 0.15) is 6.04 Å². The molecular weight excluding hydrogens is 364 g/mol. The van der Waals surface area contributed by atoms with Crippen molar-refractivity contribution in [3.63, 3.8) is 0 Å². The summed E-state index contributed by atoms with van der Waals surface area (Å²) < 4.78 is 5.15. The van der Waals surface area contributed by atoms with Crippen LogP contribution in [-0.4, -0.2) is 25.0 Å². The number of benzene rings is 3. The van der Waals surface area contributed by atoms with Crippen molar-refractivity contribution in [1.82, 2.24) is 5.32 Å². The molecule has 2 N–H and O–H groups in total. The minimum absolute atomic E-state index is 0.271. The number of rotatable bonds is 8. The zero-order chi connectivity index (χ0) is 20.5. The molecular formula is C24H24N2O3. The van der Waals surface area contributed by atoms with Crippen molar-refractivity contribution in [2.45, 2.75) is 19.1 Å². The van der Waals surface area contributed by atoms with Crippen LogP contribution in [0.3, 0.4) is 0 Å². The number of anilines is 1. The minimum atomic E-state index is -0.712. The molecule has 0 aliphatic heterocycles. The second-order valence-corrected chi connectivity index (χ2v) is 6.70. The first kappa shape index (κ1) is 20.3. The number of amides is 2. The molecule has 0 fully saturated rings. The van der Waals surface area contributed by atoms with Crippen LogP contribution in [0.15, 0.2) is 84.9 Å². The van der Waals surface area contributed by atoms with Crippen molar-refractivity contribution < 1.29 is 14.3 Å². The molecule has 148 valence electrons. The Morgan fingerprint density at radius 1 is 0.862 bits per heavy atom. The van der Waals surface area contributed by atoms with Gasteiger partial charge in [0.25, 0.3) is 5.91 Å². The lowest BCUT2D eigenvalue weighted by Crippen LogP contribution is -2.45. The van der Waals surface area contributed by atoms with Crippen molar-refractivity contribution >= 4 is 17.5 Å². The maximum absolute atomic E-state index is 13.0. The summed E-state index contributed by atoms with van der Waals surface area (Å²) in [5.41, 5.74) is 3.10.